The molecule has 2 aromatic heterocycles. The van der Waals surface area contributed by atoms with E-state index in [-0.39, 0.29) is 12.5 Å². The number of aromatic nitrogens is 2. The Morgan fingerprint density at radius 2 is 2.22 bits per heavy atom. The van der Waals surface area contributed by atoms with Gasteiger partial charge in [-0.2, -0.15) is 4.98 Å². The van der Waals surface area contributed by atoms with Gasteiger partial charge in [0.05, 0.1) is 6.54 Å². The topological polar surface area (TPSA) is 68.0 Å². The second-order valence-corrected chi connectivity index (χ2v) is 6.35. The molecule has 0 saturated carbocycles. The molecule has 1 N–H and O–H groups in total. The molecular formula is C16H14ClN3O2S. The fraction of sp³-hybridized carbons (Fsp3) is 0.188. The van der Waals surface area contributed by atoms with Gasteiger partial charge in [0.2, 0.25) is 17.6 Å². The van der Waals surface area contributed by atoms with Crippen LogP contribution in [0.5, 0.6) is 0 Å². The molecule has 3 aromatic rings. The summed E-state index contributed by atoms with van der Waals surface area (Å²) in [5, 5.41) is 9.29. The predicted octanol–water partition coefficient (Wildman–Crippen LogP) is 3.70. The van der Waals surface area contributed by atoms with Gasteiger partial charge in [-0.3, -0.25) is 4.79 Å². The van der Waals surface area contributed by atoms with Crippen LogP contribution in [0.4, 0.5) is 0 Å². The average molecular weight is 348 g/mol. The number of thiophene rings is 1. The van der Waals surface area contributed by atoms with Gasteiger partial charge >= 0.3 is 0 Å². The monoisotopic (exact) mass is 347 g/mol. The van der Waals surface area contributed by atoms with E-state index in [0.717, 1.165) is 12.0 Å². The molecule has 0 aliphatic heterocycles. The molecule has 0 bridgehead atoms. The van der Waals surface area contributed by atoms with Crippen molar-refractivity contribution in [1.29, 1.82) is 0 Å². The number of hydrogen-bond acceptors (Lipinski definition) is 5. The highest BCUT2D eigenvalue weighted by Crippen LogP contribution is 2.19. The van der Waals surface area contributed by atoms with Crippen LogP contribution in [0.3, 0.4) is 0 Å². The number of aryl methyl sites for hydroxylation is 1. The molecule has 0 unspecified atom stereocenters. The minimum absolute atomic E-state index is 0.0408. The maximum Gasteiger partial charge on any atom is 0.246 e. The first-order valence-electron chi connectivity index (χ1n) is 7.08. The zero-order chi connectivity index (χ0) is 16.1. The Morgan fingerprint density at radius 3 is 3.00 bits per heavy atom. The van der Waals surface area contributed by atoms with Crippen LogP contribution in [0.15, 0.2) is 46.3 Å². The highest BCUT2D eigenvalue weighted by Gasteiger charge is 2.10. The van der Waals surface area contributed by atoms with E-state index in [1.807, 2.05) is 29.6 Å². The van der Waals surface area contributed by atoms with Gasteiger partial charge in [0.1, 0.15) is 0 Å². The van der Waals surface area contributed by atoms with E-state index < -0.39 is 0 Å². The molecule has 0 spiro atoms. The minimum Gasteiger partial charge on any atom is -0.347 e. The Hall–Kier alpha value is -2.18. The summed E-state index contributed by atoms with van der Waals surface area (Å²) in [6, 6.07) is 11.2. The summed E-state index contributed by atoms with van der Waals surface area (Å²) >= 11 is 7.59. The normalized spacial score (nSPS) is 10.7. The lowest BCUT2D eigenvalue weighted by atomic mass is 10.2. The van der Waals surface area contributed by atoms with E-state index in [2.05, 4.69) is 15.5 Å². The SMILES string of the molecule is O=C(CCc1cccs1)NCc1nc(-c2cccc(Cl)c2)no1. The zero-order valence-electron chi connectivity index (χ0n) is 12.2. The summed E-state index contributed by atoms with van der Waals surface area (Å²) in [5.41, 5.74) is 0.775. The van der Waals surface area contributed by atoms with Crippen molar-refractivity contribution in [3.63, 3.8) is 0 Å². The largest absolute Gasteiger partial charge is 0.347 e. The fourth-order valence-electron chi connectivity index (χ4n) is 2.03. The second-order valence-electron chi connectivity index (χ2n) is 4.88. The van der Waals surface area contributed by atoms with E-state index in [9.17, 15) is 4.79 Å². The van der Waals surface area contributed by atoms with Crippen LogP contribution in [0, 0.1) is 0 Å². The molecule has 0 fully saturated rings. The molecule has 1 amide bonds. The summed E-state index contributed by atoms with van der Waals surface area (Å²) in [5.74, 6) is 0.778. The third-order valence-electron chi connectivity index (χ3n) is 3.17. The van der Waals surface area contributed by atoms with Crippen molar-refractivity contribution < 1.29 is 9.32 Å². The maximum absolute atomic E-state index is 11.8. The summed E-state index contributed by atoms with van der Waals surface area (Å²) in [4.78, 5) is 17.3. The van der Waals surface area contributed by atoms with Gasteiger partial charge in [-0.1, -0.05) is 35.0 Å². The van der Waals surface area contributed by atoms with Crippen LogP contribution in [-0.4, -0.2) is 16.0 Å². The maximum atomic E-state index is 11.8. The highest BCUT2D eigenvalue weighted by atomic mass is 35.5. The Balaban J connectivity index is 1.52. The van der Waals surface area contributed by atoms with Crippen LogP contribution < -0.4 is 5.32 Å². The van der Waals surface area contributed by atoms with Gasteiger partial charge in [-0.25, -0.2) is 0 Å². The number of carbonyl (C=O) groups is 1. The lowest BCUT2D eigenvalue weighted by molar-refractivity contribution is -0.121. The van der Waals surface area contributed by atoms with Crippen molar-refractivity contribution in [3.8, 4) is 11.4 Å². The Bertz CT molecular complexity index is 786. The molecule has 0 aliphatic carbocycles. The molecule has 1 aromatic carbocycles. The van der Waals surface area contributed by atoms with Crippen molar-refractivity contribution in [2.45, 2.75) is 19.4 Å². The Labute approximate surface area is 142 Å². The van der Waals surface area contributed by atoms with Crippen molar-refractivity contribution >= 4 is 28.8 Å². The number of nitrogens with zero attached hydrogens (tertiary/aromatic N) is 2. The van der Waals surface area contributed by atoms with Crippen molar-refractivity contribution in [2.24, 2.45) is 0 Å². The van der Waals surface area contributed by atoms with Crippen LogP contribution >= 0.6 is 22.9 Å². The quantitative estimate of drug-likeness (QED) is 0.738. The van der Waals surface area contributed by atoms with E-state index in [1.54, 1.807) is 23.5 Å². The number of halogens is 1. The van der Waals surface area contributed by atoms with Gasteiger partial charge in [0.25, 0.3) is 0 Å². The molecule has 23 heavy (non-hydrogen) atoms. The first-order chi connectivity index (χ1) is 11.2. The molecule has 118 valence electrons. The van der Waals surface area contributed by atoms with E-state index in [4.69, 9.17) is 16.1 Å². The number of nitrogens with one attached hydrogen (secondary N) is 1. The standard InChI is InChI=1S/C16H14ClN3O2S/c17-12-4-1-3-11(9-12)16-19-15(22-20-16)10-18-14(21)7-6-13-5-2-8-23-13/h1-5,8-9H,6-7,10H2,(H,18,21). The fourth-order valence-corrected chi connectivity index (χ4v) is 2.92. The molecule has 0 atom stereocenters. The van der Waals surface area contributed by atoms with Crippen LogP contribution in [0.2, 0.25) is 5.02 Å². The Morgan fingerprint density at radius 1 is 1.30 bits per heavy atom. The summed E-state index contributed by atoms with van der Waals surface area (Å²) in [7, 11) is 0. The second kappa shape index (κ2) is 7.39. The molecular weight excluding hydrogens is 334 g/mol. The summed E-state index contributed by atoms with van der Waals surface area (Å²) in [6.07, 6.45) is 1.18. The summed E-state index contributed by atoms with van der Waals surface area (Å²) in [6.45, 7) is 0.219. The third kappa shape index (κ3) is 4.40. The number of carbonyl (C=O) groups excluding carboxylic acids is 1. The molecule has 3 rings (SSSR count). The number of rotatable bonds is 6. The zero-order valence-corrected chi connectivity index (χ0v) is 13.7. The summed E-state index contributed by atoms with van der Waals surface area (Å²) < 4.78 is 5.14. The van der Waals surface area contributed by atoms with E-state index in [0.29, 0.717) is 23.2 Å². The van der Waals surface area contributed by atoms with Crippen LogP contribution in [-0.2, 0) is 17.8 Å². The molecule has 0 radical (unpaired) electrons. The lowest BCUT2D eigenvalue weighted by Gasteiger charge is -2.00. The molecule has 0 aliphatic rings. The molecule has 7 heteroatoms. The minimum atomic E-state index is -0.0408. The van der Waals surface area contributed by atoms with Gasteiger partial charge in [-0.15, -0.1) is 11.3 Å². The van der Waals surface area contributed by atoms with Crippen molar-refractivity contribution in [1.82, 2.24) is 15.5 Å². The average Bonchev–Trinajstić information content (AvgIpc) is 3.22. The molecule has 5 nitrogen and oxygen atoms in total. The smallest absolute Gasteiger partial charge is 0.246 e. The van der Waals surface area contributed by atoms with Crippen LogP contribution in [0.25, 0.3) is 11.4 Å². The number of amides is 1. The molecule has 2 heterocycles. The van der Waals surface area contributed by atoms with E-state index in [1.165, 1.54) is 4.88 Å². The van der Waals surface area contributed by atoms with Gasteiger partial charge in [-0.05, 0) is 30.0 Å². The van der Waals surface area contributed by atoms with Crippen LogP contribution in [0.1, 0.15) is 17.2 Å². The highest BCUT2D eigenvalue weighted by molar-refractivity contribution is 7.09. The first-order valence-corrected chi connectivity index (χ1v) is 8.34. The molecule has 0 saturated heterocycles. The lowest BCUT2D eigenvalue weighted by Crippen LogP contribution is -2.23. The predicted molar refractivity (Wildman–Crippen MR) is 89.2 cm³/mol. The van der Waals surface area contributed by atoms with Crippen molar-refractivity contribution in [2.75, 3.05) is 0 Å². The first kappa shape index (κ1) is 15.7. The third-order valence-corrected chi connectivity index (χ3v) is 4.34. The number of benzene rings is 1. The Kier molecular flexibility index (Phi) is 5.05. The van der Waals surface area contributed by atoms with E-state index >= 15 is 0 Å². The number of hydrogen-bond donors (Lipinski definition) is 1. The van der Waals surface area contributed by atoms with Gasteiger partial charge in [0.15, 0.2) is 0 Å². The van der Waals surface area contributed by atoms with Gasteiger partial charge in [0, 0.05) is 21.9 Å². The van der Waals surface area contributed by atoms with Crippen molar-refractivity contribution in [3.05, 3.63) is 57.6 Å². The van der Waals surface area contributed by atoms with Gasteiger partial charge < -0.3 is 9.84 Å².